The molecule has 0 bridgehead atoms. The minimum absolute atomic E-state index is 0.0110. The smallest absolute Gasteiger partial charge is 0.306 e. The summed E-state index contributed by atoms with van der Waals surface area (Å²) in [6.07, 6.45) is 29.7. The summed E-state index contributed by atoms with van der Waals surface area (Å²) in [5.41, 5.74) is 0. The van der Waals surface area contributed by atoms with Crippen LogP contribution in [0.4, 0.5) is 0 Å². The summed E-state index contributed by atoms with van der Waals surface area (Å²) in [5, 5.41) is 41.2. The Bertz CT molecular complexity index is 1820. The van der Waals surface area contributed by atoms with Gasteiger partial charge in [-0.25, -0.2) is 0 Å². The zero-order chi connectivity index (χ0) is 52.2. The maximum absolute atomic E-state index is 11.7. The van der Waals surface area contributed by atoms with Crippen molar-refractivity contribution in [3.05, 3.63) is 68.8 Å². The molecular weight excluding hydrogens is 933 g/mol. The van der Waals surface area contributed by atoms with E-state index in [1.165, 1.54) is 0 Å². The van der Waals surface area contributed by atoms with E-state index in [9.17, 15) is 59.2 Å². The summed E-state index contributed by atoms with van der Waals surface area (Å²) in [6, 6.07) is 0. The first-order chi connectivity index (χ1) is 34.6. The summed E-state index contributed by atoms with van der Waals surface area (Å²) in [5.74, 6) is -0.907. The van der Waals surface area contributed by atoms with E-state index in [2.05, 4.69) is 31.2 Å². The Morgan fingerprint density at radius 1 is 0.486 bits per heavy atom. The number of nitro groups is 2. The number of nitrogens with zero attached hydrogens (tertiary/aromatic N) is 2. The van der Waals surface area contributed by atoms with E-state index >= 15 is 0 Å². The summed E-state index contributed by atoms with van der Waals surface area (Å²) < 4.78 is 21.8. The first kappa shape index (κ1) is 57.8. The first-order valence-corrected chi connectivity index (χ1v) is 26.5. The van der Waals surface area contributed by atoms with Gasteiger partial charge in [0, 0.05) is 89.8 Å². The molecule has 4 heterocycles. The summed E-state index contributed by atoms with van der Waals surface area (Å²) in [6.45, 7) is 3.81. The zero-order valence-corrected chi connectivity index (χ0v) is 42.1. The third-order valence-electron chi connectivity index (χ3n) is 16.0. The number of rotatable bonds is 6. The highest BCUT2D eigenvalue weighted by Gasteiger charge is 2.48. The molecule has 0 spiro atoms. The van der Waals surface area contributed by atoms with Gasteiger partial charge in [-0.2, -0.15) is 0 Å². The molecule has 400 valence electrons. The molecule has 18 nitrogen and oxygen atoms in total. The van der Waals surface area contributed by atoms with Crippen molar-refractivity contribution in [1.82, 2.24) is 0 Å². The van der Waals surface area contributed by atoms with Crippen LogP contribution in [0.5, 0.6) is 0 Å². The lowest BCUT2D eigenvalue weighted by molar-refractivity contribution is -0.491. The number of hydrogen-bond donors (Lipinski definition) is 2. The minimum atomic E-state index is -0.762. The Morgan fingerprint density at radius 2 is 0.819 bits per heavy atom. The Kier molecular flexibility index (Phi) is 23.7. The van der Waals surface area contributed by atoms with E-state index in [4.69, 9.17) is 18.9 Å². The first-order valence-electron chi connectivity index (χ1n) is 26.5. The normalized spacial score (nSPS) is 38.6. The van der Waals surface area contributed by atoms with Crippen LogP contribution < -0.4 is 0 Å². The number of carbonyl (C=O) groups is 6. The standard InChI is InChI=1S/C14H21NO4.C14H20O3.C13H19NO5.C13H18O4/c1-10-8-13-11(12(10)9-15(17)18)6-4-2-3-5-7-14(16)19-13;1-10-8-13-11(12(10)9-15)6-4-2-3-5-7-14(16)17-13;15-11-7-12-9(10(11)8-14(17)18)5-3-1-2-4-6-13(16)19-12;14-8-10-9-5-3-1-2-4-6-13(16)17-12(9)7-11(10)15/h2,4,10-13H,3,5-9H2,1H3;2,4,9-13H,3,5-8H2,1H3;1,3,9-12,15H,2,4-8H2;1,3,8-12,15H,2,4-7H2/b2*4-2-;2*3-1-/t2*10-,11-,12+,13+;2*9-,10-,11-,12+/m1111/s1. The monoisotopic (exact) mass is 1010 g/mol. The van der Waals surface area contributed by atoms with Crippen molar-refractivity contribution in [2.45, 2.75) is 179 Å². The van der Waals surface area contributed by atoms with Crippen molar-refractivity contribution in [1.29, 1.82) is 0 Å². The molecule has 16 atom stereocenters. The molecule has 0 unspecified atom stereocenters. The lowest BCUT2D eigenvalue weighted by Gasteiger charge is -2.23. The number of aliphatic hydroxyl groups excluding tert-OH is 2. The number of ether oxygens (including phenoxy) is 4. The number of hydrogen-bond acceptors (Lipinski definition) is 16. The van der Waals surface area contributed by atoms with Crippen LogP contribution in [0.15, 0.2) is 48.6 Å². The summed E-state index contributed by atoms with van der Waals surface area (Å²) >= 11 is 0. The Morgan fingerprint density at radius 3 is 1.25 bits per heavy atom. The highest BCUT2D eigenvalue weighted by atomic mass is 16.6. The van der Waals surface area contributed by atoms with Crippen LogP contribution in [0, 0.1) is 79.4 Å². The van der Waals surface area contributed by atoms with Gasteiger partial charge in [-0.15, -0.1) is 0 Å². The molecule has 4 aliphatic heterocycles. The fourth-order valence-electron chi connectivity index (χ4n) is 12.0. The van der Waals surface area contributed by atoms with Crippen molar-refractivity contribution >= 4 is 36.4 Å². The summed E-state index contributed by atoms with van der Waals surface area (Å²) in [4.78, 5) is 89.4. The van der Waals surface area contributed by atoms with Gasteiger partial charge in [0.25, 0.3) is 0 Å². The molecule has 0 saturated heterocycles. The lowest BCUT2D eigenvalue weighted by atomic mass is 9.87. The highest BCUT2D eigenvalue weighted by molar-refractivity contribution is 5.71. The molecular formula is C54H78N2O16. The number of allylic oxidation sites excluding steroid dienone is 8. The average molecular weight is 1010 g/mol. The predicted octanol–water partition coefficient (Wildman–Crippen LogP) is 7.60. The summed E-state index contributed by atoms with van der Waals surface area (Å²) in [7, 11) is 0. The largest absolute Gasteiger partial charge is 0.462 e. The number of fused-ring (bicyclic) bond motifs is 4. The van der Waals surface area contributed by atoms with Crippen LogP contribution in [-0.2, 0) is 47.7 Å². The van der Waals surface area contributed by atoms with Gasteiger partial charge in [0.1, 0.15) is 37.0 Å². The molecule has 0 aromatic rings. The molecule has 4 saturated carbocycles. The number of carbonyl (C=O) groups excluding carboxylic acids is 6. The van der Waals surface area contributed by atoms with Crippen LogP contribution in [0.25, 0.3) is 0 Å². The SMILES string of the molecule is C[C@@H]1C[C@@H]2OC(=O)CCC/C=C\C[C@@H]2[C@H]1C=O.C[C@@H]1C[C@@H]2OC(=O)CCC/C=C\C[C@@H]2[C@H]1C[N+](=O)[O-].O=C1CCC/C=C\C[C@@H]2[C@@H](C[N+](=O)[O-])[C@H](O)C[C@@H]2O1.O=C[C@@H]1[C@H]2C/C=C\CCCC(=O)O[C@H]2C[C@H]1O. The van der Waals surface area contributed by atoms with Crippen molar-refractivity contribution < 1.29 is 67.8 Å². The van der Waals surface area contributed by atoms with Gasteiger partial charge in [-0.3, -0.25) is 39.4 Å². The molecule has 4 fully saturated rings. The van der Waals surface area contributed by atoms with E-state index < -0.39 is 35.1 Å². The highest BCUT2D eigenvalue weighted by Crippen LogP contribution is 2.43. The van der Waals surface area contributed by atoms with Crippen molar-refractivity contribution in [2.24, 2.45) is 59.2 Å². The molecule has 0 amide bonds. The van der Waals surface area contributed by atoms with Crippen LogP contribution >= 0.6 is 0 Å². The van der Waals surface area contributed by atoms with E-state index in [0.717, 1.165) is 89.6 Å². The maximum Gasteiger partial charge on any atom is 0.306 e. The second-order valence-electron chi connectivity index (χ2n) is 21.0. The second kappa shape index (κ2) is 29.6. The molecule has 8 aliphatic rings. The van der Waals surface area contributed by atoms with Crippen LogP contribution in [0.3, 0.4) is 0 Å². The van der Waals surface area contributed by atoms with Gasteiger partial charge in [0.05, 0.1) is 18.1 Å². The topological polar surface area (TPSA) is 266 Å². The Hall–Kier alpha value is -5.10. The van der Waals surface area contributed by atoms with E-state index in [1.54, 1.807) is 0 Å². The van der Waals surface area contributed by atoms with E-state index in [-0.39, 0.29) is 102 Å². The van der Waals surface area contributed by atoms with Gasteiger partial charge in [0.15, 0.2) is 0 Å². The molecule has 0 aromatic carbocycles. The van der Waals surface area contributed by atoms with Gasteiger partial charge in [-0.1, -0.05) is 62.5 Å². The van der Waals surface area contributed by atoms with Gasteiger partial charge in [0.2, 0.25) is 13.1 Å². The van der Waals surface area contributed by atoms with Crippen LogP contribution in [0.2, 0.25) is 0 Å². The molecule has 8 rings (SSSR count). The molecule has 0 radical (unpaired) electrons. The van der Waals surface area contributed by atoms with E-state index in [1.807, 2.05) is 31.2 Å². The van der Waals surface area contributed by atoms with Gasteiger partial charge >= 0.3 is 23.9 Å². The number of esters is 4. The molecule has 2 N–H and O–H groups in total. The fraction of sp³-hybridized carbons (Fsp3) is 0.741. The van der Waals surface area contributed by atoms with Gasteiger partial charge in [-0.05, 0) is 102 Å². The number of aldehydes is 2. The third kappa shape index (κ3) is 17.5. The lowest BCUT2D eigenvalue weighted by Crippen LogP contribution is -2.30. The van der Waals surface area contributed by atoms with Crippen LogP contribution in [-0.4, -0.2) is 106 Å². The number of aliphatic hydroxyl groups is 2. The fourth-order valence-corrected chi connectivity index (χ4v) is 12.0. The van der Waals surface area contributed by atoms with Crippen LogP contribution in [0.1, 0.15) is 142 Å². The minimum Gasteiger partial charge on any atom is -0.462 e. The average Bonchev–Trinajstić information content (AvgIpc) is 4.00. The third-order valence-corrected chi connectivity index (χ3v) is 16.0. The molecule has 72 heavy (non-hydrogen) atoms. The van der Waals surface area contributed by atoms with Gasteiger partial charge < -0.3 is 38.7 Å². The zero-order valence-electron chi connectivity index (χ0n) is 42.1. The molecule has 18 heteroatoms. The van der Waals surface area contributed by atoms with Crippen molar-refractivity contribution in [3.8, 4) is 0 Å². The predicted molar refractivity (Wildman–Crippen MR) is 263 cm³/mol. The van der Waals surface area contributed by atoms with E-state index in [0.29, 0.717) is 57.3 Å². The second-order valence-corrected chi connectivity index (χ2v) is 21.0. The maximum atomic E-state index is 11.7. The molecule has 0 aromatic heterocycles. The van der Waals surface area contributed by atoms with Crippen molar-refractivity contribution in [2.75, 3.05) is 13.1 Å². The quantitative estimate of drug-likeness (QED) is 0.0647. The molecule has 4 aliphatic carbocycles. The Balaban J connectivity index is 0.000000179. The Labute approximate surface area is 423 Å². The van der Waals surface area contributed by atoms with Crippen molar-refractivity contribution in [3.63, 3.8) is 0 Å².